The van der Waals surface area contributed by atoms with E-state index in [0.29, 0.717) is 39.7 Å². The molecule has 0 radical (unpaired) electrons. The van der Waals surface area contributed by atoms with E-state index in [1.54, 1.807) is 38.6 Å². The summed E-state index contributed by atoms with van der Waals surface area (Å²) in [5, 5.41) is 3.13. The van der Waals surface area contributed by atoms with E-state index in [-0.39, 0.29) is 12.6 Å². The minimum absolute atomic E-state index is 0.210. The highest BCUT2D eigenvalue weighted by molar-refractivity contribution is 7.88. The highest BCUT2D eigenvalue weighted by Gasteiger charge is 2.16. The molecule has 0 aliphatic carbocycles. The van der Waals surface area contributed by atoms with Crippen LogP contribution < -0.4 is 24.2 Å². The van der Waals surface area contributed by atoms with Crippen LogP contribution in [0, 0.1) is 0 Å². The van der Waals surface area contributed by atoms with Gasteiger partial charge in [-0.1, -0.05) is 24.3 Å². The van der Waals surface area contributed by atoms with E-state index in [1.165, 1.54) is 7.11 Å². The van der Waals surface area contributed by atoms with Gasteiger partial charge >= 0.3 is 0 Å². The molecular weight excluding hydrogens is 460 g/mol. The van der Waals surface area contributed by atoms with Crippen molar-refractivity contribution in [2.45, 2.75) is 6.54 Å². The summed E-state index contributed by atoms with van der Waals surface area (Å²) in [4.78, 5) is 8.97. The molecule has 178 valence electrons. The van der Waals surface area contributed by atoms with Crippen LogP contribution in [0.3, 0.4) is 0 Å². The van der Waals surface area contributed by atoms with Gasteiger partial charge in [0.05, 0.1) is 27.6 Å². The van der Waals surface area contributed by atoms with Gasteiger partial charge in [0.15, 0.2) is 17.1 Å². The van der Waals surface area contributed by atoms with Crippen molar-refractivity contribution in [2.24, 2.45) is 0 Å². The number of fused-ring (bicyclic) bond motifs is 1. The molecule has 0 atom stereocenters. The number of rotatable bonds is 9. The fraction of sp³-hybridized carbons (Fsp3) is 0.217. The maximum Gasteiger partial charge on any atom is 0.300 e. The van der Waals surface area contributed by atoms with Crippen molar-refractivity contribution in [1.29, 1.82) is 0 Å². The normalized spacial score (nSPS) is 11.4. The van der Waals surface area contributed by atoms with E-state index < -0.39 is 10.0 Å². The molecule has 4 rings (SSSR count). The van der Waals surface area contributed by atoms with Gasteiger partial charge in [-0.15, -0.1) is 0 Å². The molecule has 2 heterocycles. The van der Waals surface area contributed by atoms with Crippen LogP contribution in [0.1, 0.15) is 5.56 Å². The summed E-state index contributed by atoms with van der Waals surface area (Å²) in [7, 11) is 1.36. The Kier molecular flexibility index (Phi) is 6.57. The van der Waals surface area contributed by atoms with E-state index >= 15 is 0 Å². The minimum Gasteiger partial charge on any atom is -0.493 e. The highest BCUT2D eigenvalue weighted by Crippen LogP contribution is 2.41. The second-order valence-corrected chi connectivity index (χ2v) is 9.19. The molecule has 34 heavy (non-hydrogen) atoms. The van der Waals surface area contributed by atoms with Crippen LogP contribution in [0.4, 0.5) is 11.7 Å². The Balaban J connectivity index is 1.63. The van der Waals surface area contributed by atoms with Gasteiger partial charge in [0, 0.05) is 36.1 Å². The summed E-state index contributed by atoms with van der Waals surface area (Å²) in [6, 6.07) is 12.9. The Labute approximate surface area is 196 Å². The number of hydrogen-bond acceptors (Lipinski definition) is 9. The molecule has 11 heteroatoms. The molecule has 2 aromatic carbocycles. The number of pyridine rings is 1. The zero-order chi connectivity index (χ0) is 24.3. The second kappa shape index (κ2) is 9.57. The van der Waals surface area contributed by atoms with Gasteiger partial charge in [0.25, 0.3) is 6.01 Å². The maximum atomic E-state index is 11.3. The lowest BCUT2D eigenvalue weighted by atomic mass is 10.1. The van der Waals surface area contributed by atoms with Crippen LogP contribution >= 0.6 is 0 Å². The average molecular weight is 485 g/mol. The maximum absolute atomic E-state index is 11.3. The first-order valence-electron chi connectivity index (χ1n) is 10.2. The fourth-order valence-electron chi connectivity index (χ4n) is 3.39. The molecule has 4 aromatic rings. The van der Waals surface area contributed by atoms with Crippen molar-refractivity contribution in [2.75, 3.05) is 32.9 Å². The van der Waals surface area contributed by atoms with Crippen molar-refractivity contribution >= 4 is 32.8 Å². The van der Waals surface area contributed by atoms with E-state index in [4.69, 9.17) is 18.6 Å². The lowest BCUT2D eigenvalue weighted by Gasteiger charge is -2.14. The van der Waals surface area contributed by atoms with Crippen LogP contribution in [0.2, 0.25) is 0 Å². The zero-order valence-electron chi connectivity index (χ0n) is 19.1. The van der Waals surface area contributed by atoms with Crippen LogP contribution in [0.25, 0.3) is 22.4 Å². The Bertz CT molecular complexity index is 1390. The summed E-state index contributed by atoms with van der Waals surface area (Å²) in [6.07, 6.45) is 2.78. The molecule has 2 N–H and O–H groups in total. The monoisotopic (exact) mass is 484 g/mol. The number of ether oxygens (including phenoxy) is 3. The first-order chi connectivity index (χ1) is 16.3. The number of anilines is 2. The van der Waals surface area contributed by atoms with Gasteiger partial charge in [0.1, 0.15) is 11.2 Å². The zero-order valence-corrected chi connectivity index (χ0v) is 19.9. The van der Waals surface area contributed by atoms with Crippen molar-refractivity contribution < 1.29 is 27.0 Å². The highest BCUT2D eigenvalue weighted by atomic mass is 32.2. The van der Waals surface area contributed by atoms with Crippen LogP contribution in [0.15, 0.2) is 53.1 Å². The number of oxazole rings is 1. The molecule has 0 bridgehead atoms. The van der Waals surface area contributed by atoms with Gasteiger partial charge in [-0.3, -0.25) is 4.98 Å². The molecule has 0 amide bonds. The summed E-state index contributed by atoms with van der Waals surface area (Å²) in [6.45, 7) is 0.210. The summed E-state index contributed by atoms with van der Waals surface area (Å²) in [5.74, 6) is 1.47. The fourth-order valence-corrected chi connectivity index (χ4v) is 3.82. The molecule has 0 saturated carbocycles. The molecular formula is C23H24N4O6S. The molecule has 10 nitrogen and oxygen atoms in total. The smallest absolute Gasteiger partial charge is 0.300 e. The lowest BCUT2D eigenvalue weighted by Crippen LogP contribution is -2.21. The standard InChI is InChI=1S/C23H24N4O6S/c1-30-18-11-16(12-19(31-2)22(18)32-3)26-23-27-17-9-10-24-20(21(17)33-23)15-7-5-14(6-8-15)13-25-34(4,28)29/h5-12,25H,13H2,1-4H3,(H,26,27). The number of methoxy groups -OCH3 is 3. The number of nitrogens with zero attached hydrogens (tertiary/aromatic N) is 2. The van der Waals surface area contributed by atoms with E-state index in [1.807, 2.05) is 24.3 Å². The third-order valence-electron chi connectivity index (χ3n) is 4.99. The van der Waals surface area contributed by atoms with E-state index in [2.05, 4.69) is 20.0 Å². The predicted molar refractivity (Wildman–Crippen MR) is 128 cm³/mol. The molecule has 0 saturated heterocycles. The summed E-state index contributed by atoms with van der Waals surface area (Å²) < 4.78 is 47.2. The van der Waals surface area contributed by atoms with Crippen molar-refractivity contribution in [3.05, 3.63) is 54.2 Å². The average Bonchev–Trinajstić information content (AvgIpc) is 3.24. The first kappa shape index (κ1) is 23.3. The molecule has 0 aliphatic heterocycles. The molecule has 2 aromatic heterocycles. The van der Waals surface area contributed by atoms with Crippen LogP contribution in [-0.4, -0.2) is 46.0 Å². The van der Waals surface area contributed by atoms with E-state index in [9.17, 15) is 8.42 Å². The quantitative estimate of drug-likeness (QED) is 0.366. The number of sulfonamides is 1. The van der Waals surface area contributed by atoms with Crippen LogP contribution in [-0.2, 0) is 16.6 Å². The van der Waals surface area contributed by atoms with Crippen molar-refractivity contribution in [3.8, 4) is 28.5 Å². The number of aromatic nitrogens is 2. The number of hydrogen-bond donors (Lipinski definition) is 2. The Morgan fingerprint density at radius 2 is 1.65 bits per heavy atom. The van der Waals surface area contributed by atoms with Gasteiger partial charge in [-0.25, -0.2) is 13.1 Å². The molecule has 0 spiro atoms. The Hall–Kier alpha value is -3.83. The topological polar surface area (TPSA) is 125 Å². The van der Waals surface area contributed by atoms with Gasteiger partial charge in [0.2, 0.25) is 15.8 Å². The SMILES string of the molecule is COc1cc(Nc2nc3ccnc(-c4ccc(CNS(C)(=O)=O)cc4)c3o2)cc(OC)c1OC. The third kappa shape index (κ3) is 5.05. The summed E-state index contributed by atoms with van der Waals surface area (Å²) >= 11 is 0. The van der Waals surface area contributed by atoms with Gasteiger partial charge < -0.3 is 23.9 Å². The third-order valence-corrected chi connectivity index (χ3v) is 5.66. The number of nitrogens with one attached hydrogen (secondary N) is 2. The number of benzene rings is 2. The molecule has 0 aliphatic rings. The van der Waals surface area contributed by atoms with Crippen molar-refractivity contribution in [1.82, 2.24) is 14.7 Å². The Morgan fingerprint density at radius 1 is 0.971 bits per heavy atom. The predicted octanol–water partition coefficient (Wildman–Crippen LogP) is 3.71. The van der Waals surface area contributed by atoms with E-state index in [0.717, 1.165) is 17.4 Å². The largest absolute Gasteiger partial charge is 0.493 e. The summed E-state index contributed by atoms with van der Waals surface area (Å²) in [5.41, 5.74) is 4.03. The van der Waals surface area contributed by atoms with Crippen LogP contribution in [0.5, 0.6) is 17.2 Å². The first-order valence-corrected chi connectivity index (χ1v) is 12.1. The second-order valence-electron chi connectivity index (χ2n) is 7.36. The molecule has 0 fully saturated rings. The lowest BCUT2D eigenvalue weighted by molar-refractivity contribution is 0.324. The molecule has 0 unspecified atom stereocenters. The Morgan fingerprint density at radius 3 is 2.24 bits per heavy atom. The van der Waals surface area contributed by atoms with Gasteiger partial charge in [-0.2, -0.15) is 4.98 Å². The minimum atomic E-state index is -3.26. The van der Waals surface area contributed by atoms with Crippen molar-refractivity contribution in [3.63, 3.8) is 0 Å². The van der Waals surface area contributed by atoms with Gasteiger partial charge in [-0.05, 0) is 11.6 Å².